The molecule has 0 saturated carbocycles. The van der Waals surface area contributed by atoms with Gasteiger partial charge in [-0.2, -0.15) is 10.1 Å². The van der Waals surface area contributed by atoms with Crippen molar-refractivity contribution < 1.29 is 14.1 Å². The Labute approximate surface area is 183 Å². The van der Waals surface area contributed by atoms with Gasteiger partial charge in [-0.15, -0.1) is 0 Å². The van der Waals surface area contributed by atoms with E-state index in [2.05, 4.69) is 20.6 Å². The third-order valence-electron chi connectivity index (χ3n) is 4.87. The minimum Gasteiger partial charge on any atom is -0.497 e. The molecule has 1 atom stereocenters. The van der Waals surface area contributed by atoms with Crippen molar-refractivity contribution in [3.05, 3.63) is 83.0 Å². The quantitative estimate of drug-likeness (QED) is 0.479. The maximum absolute atomic E-state index is 12.7. The molecule has 1 N–H and O–H groups in total. The highest BCUT2D eigenvalue weighted by Gasteiger charge is 2.19. The second kappa shape index (κ2) is 9.25. The molecule has 9 nitrogen and oxygen atoms in total. The highest BCUT2D eigenvalue weighted by molar-refractivity contribution is 5.79. The predicted octanol–water partition coefficient (Wildman–Crippen LogP) is 2.85. The zero-order chi connectivity index (χ0) is 22.5. The number of ether oxygens (including phenoxy) is 1. The summed E-state index contributed by atoms with van der Waals surface area (Å²) >= 11 is 0. The van der Waals surface area contributed by atoms with Gasteiger partial charge in [0.05, 0.1) is 19.3 Å². The Morgan fingerprint density at radius 1 is 1.06 bits per heavy atom. The molecule has 1 amide bonds. The fraction of sp³-hybridized carbons (Fsp3) is 0.174. The Morgan fingerprint density at radius 3 is 2.53 bits per heavy atom. The van der Waals surface area contributed by atoms with E-state index in [1.54, 1.807) is 32.2 Å². The molecule has 4 rings (SSSR count). The smallest absolute Gasteiger partial charge is 0.267 e. The van der Waals surface area contributed by atoms with Crippen LogP contribution in [0.5, 0.6) is 5.75 Å². The number of carbonyl (C=O) groups is 1. The fourth-order valence-electron chi connectivity index (χ4n) is 3.07. The lowest BCUT2D eigenvalue weighted by molar-refractivity contribution is -0.124. The van der Waals surface area contributed by atoms with Gasteiger partial charge in [0, 0.05) is 17.2 Å². The van der Waals surface area contributed by atoms with E-state index in [0.717, 1.165) is 15.8 Å². The standard InChI is InChI=1S/C23H21N5O4/c1-15(23(30)24-14-20-25-22(27-32-20)17-6-4-3-5-7-17)28-21(29)13-12-19(26-28)16-8-10-18(31-2)11-9-16/h3-13,15H,14H2,1-2H3,(H,24,30). The largest absolute Gasteiger partial charge is 0.497 e. The topological polar surface area (TPSA) is 112 Å². The lowest BCUT2D eigenvalue weighted by atomic mass is 10.1. The van der Waals surface area contributed by atoms with E-state index < -0.39 is 11.9 Å². The SMILES string of the molecule is COc1ccc(-c2ccc(=O)n(C(C)C(=O)NCc3nc(-c4ccccc4)no3)n2)cc1. The van der Waals surface area contributed by atoms with Crippen LogP contribution in [0.3, 0.4) is 0 Å². The molecule has 1 unspecified atom stereocenters. The summed E-state index contributed by atoms with van der Waals surface area (Å²) in [5.74, 6) is 1.02. The van der Waals surface area contributed by atoms with Gasteiger partial charge < -0.3 is 14.6 Å². The maximum atomic E-state index is 12.7. The third-order valence-corrected chi connectivity index (χ3v) is 4.87. The lowest BCUT2D eigenvalue weighted by Gasteiger charge is -2.14. The number of methoxy groups -OCH3 is 1. The van der Waals surface area contributed by atoms with Crippen molar-refractivity contribution in [2.45, 2.75) is 19.5 Å². The van der Waals surface area contributed by atoms with Gasteiger partial charge in [-0.25, -0.2) is 4.68 Å². The summed E-state index contributed by atoms with van der Waals surface area (Å²) in [6, 6.07) is 18.8. The molecule has 0 fully saturated rings. The molecule has 9 heteroatoms. The van der Waals surface area contributed by atoms with Gasteiger partial charge in [0.1, 0.15) is 11.8 Å². The molecular weight excluding hydrogens is 410 g/mol. The summed E-state index contributed by atoms with van der Waals surface area (Å²) in [6.45, 7) is 1.64. The van der Waals surface area contributed by atoms with Crippen LogP contribution in [0.15, 0.2) is 76.0 Å². The summed E-state index contributed by atoms with van der Waals surface area (Å²) < 4.78 is 11.5. The van der Waals surface area contributed by atoms with Crippen LogP contribution in [-0.2, 0) is 11.3 Å². The van der Waals surface area contributed by atoms with Crippen LogP contribution in [0, 0.1) is 0 Å². The van der Waals surface area contributed by atoms with Crippen molar-refractivity contribution >= 4 is 5.91 Å². The van der Waals surface area contributed by atoms with Crippen LogP contribution in [0.4, 0.5) is 0 Å². The number of carbonyl (C=O) groups excluding carboxylic acids is 1. The van der Waals surface area contributed by atoms with Crippen molar-refractivity contribution in [2.24, 2.45) is 0 Å². The molecule has 0 radical (unpaired) electrons. The van der Waals surface area contributed by atoms with Crippen molar-refractivity contribution in [1.29, 1.82) is 0 Å². The summed E-state index contributed by atoms with van der Waals surface area (Å²) in [5, 5.41) is 11.0. The lowest BCUT2D eigenvalue weighted by Crippen LogP contribution is -2.36. The van der Waals surface area contributed by atoms with Crippen LogP contribution in [0.2, 0.25) is 0 Å². The van der Waals surface area contributed by atoms with Gasteiger partial charge in [-0.1, -0.05) is 35.5 Å². The van der Waals surface area contributed by atoms with Crippen LogP contribution in [0.1, 0.15) is 18.9 Å². The number of rotatable bonds is 7. The molecule has 2 aromatic carbocycles. The minimum absolute atomic E-state index is 0.0376. The number of aromatic nitrogens is 4. The number of nitrogens with one attached hydrogen (secondary N) is 1. The number of nitrogens with zero attached hydrogens (tertiary/aromatic N) is 4. The number of hydrogen-bond donors (Lipinski definition) is 1. The zero-order valence-electron chi connectivity index (χ0n) is 17.6. The average molecular weight is 431 g/mol. The maximum Gasteiger partial charge on any atom is 0.267 e. The summed E-state index contributed by atoms with van der Waals surface area (Å²) in [7, 11) is 1.59. The predicted molar refractivity (Wildman–Crippen MR) is 117 cm³/mol. The minimum atomic E-state index is -0.836. The van der Waals surface area contributed by atoms with Gasteiger partial charge in [0.2, 0.25) is 17.6 Å². The summed E-state index contributed by atoms with van der Waals surface area (Å²) in [5.41, 5.74) is 1.80. The van der Waals surface area contributed by atoms with E-state index in [0.29, 0.717) is 17.3 Å². The van der Waals surface area contributed by atoms with E-state index >= 15 is 0 Å². The van der Waals surface area contributed by atoms with Crippen molar-refractivity contribution in [3.8, 4) is 28.4 Å². The monoisotopic (exact) mass is 431 g/mol. The van der Waals surface area contributed by atoms with Gasteiger partial charge in [0.25, 0.3) is 5.56 Å². The Morgan fingerprint density at radius 2 is 1.81 bits per heavy atom. The first-order chi connectivity index (χ1) is 15.5. The molecule has 0 saturated heterocycles. The molecule has 162 valence electrons. The van der Waals surface area contributed by atoms with E-state index in [4.69, 9.17) is 9.26 Å². The highest BCUT2D eigenvalue weighted by atomic mass is 16.5. The molecule has 32 heavy (non-hydrogen) atoms. The van der Waals surface area contributed by atoms with Crippen LogP contribution in [-0.4, -0.2) is 32.9 Å². The molecule has 2 aromatic heterocycles. The summed E-state index contributed by atoms with van der Waals surface area (Å²) in [4.78, 5) is 29.3. The average Bonchev–Trinajstić information content (AvgIpc) is 3.32. The van der Waals surface area contributed by atoms with Gasteiger partial charge >= 0.3 is 0 Å². The van der Waals surface area contributed by atoms with Crippen LogP contribution in [0.25, 0.3) is 22.6 Å². The van der Waals surface area contributed by atoms with Crippen molar-refractivity contribution in [3.63, 3.8) is 0 Å². The molecule has 2 heterocycles. The molecule has 4 aromatic rings. The Bertz CT molecular complexity index is 1270. The first-order valence-corrected chi connectivity index (χ1v) is 9.95. The van der Waals surface area contributed by atoms with Crippen molar-refractivity contribution in [1.82, 2.24) is 25.2 Å². The molecule has 0 aliphatic carbocycles. The molecule has 0 spiro atoms. The van der Waals surface area contributed by atoms with Crippen molar-refractivity contribution in [2.75, 3.05) is 7.11 Å². The van der Waals surface area contributed by atoms with E-state index in [1.165, 1.54) is 6.07 Å². The molecular formula is C23H21N5O4. The molecule has 0 bridgehead atoms. The van der Waals surface area contributed by atoms with Crippen LogP contribution >= 0.6 is 0 Å². The molecule has 0 aliphatic heterocycles. The first kappa shape index (κ1) is 21.0. The second-order valence-corrected chi connectivity index (χ2v) is 7.00. The normalized spacial score (nSPS) is 11.7. The van der Waals surface area contributed by atoms with Gasteiger partial charge in [-0.3, -0.25) is 9.59 Å². The van der Waals surface area contributed by atoms with Gasteiger partial charge in [-0.05, 0) is 37.3 Å². The number of amides is 1. The van der Waals surface area contributed by atoms with Crippen LogP contribution < -0.4 is 15.6 Å². The Hall–Kier alpha value is -4.27. The Kier molecular flexibility index (Phi) is 6.07. The Balaban J connectivity index is 1.45. The summed E-state index contributed by atoms with van der Waals surface area (Å²) in [6.07, 6.45) is 0. The molecule has 0 aliphatic rings. The number of hydrogen-bond acceptors (Lipinski definition) is 7. The zero-order valence-corrected chi connectivity index (χ0v) is 17.6. The van der Waals surface area contributed by atoms with E-state index in [-0.39, 0.29) is 18.0 Å². The third kappa shape index (κ3) is 4.56. The second-order valence-electron chi connectivity index (χ2n) is 7.00. The first-order valence-electron chi connectivity index (χ1n) is 9.95. The number of benzene rings is 2. The van der Waals surface area contributed by atoms with Gasteiger partial charge in [0.15, 0.2) is 0 Å². The fourth-order valence-corrected chi connectivity index (χ4v) is 3.07. The van der Waals surface area contributed by atoms with E-state index in [9.17, 15) is 9.59 Å². The van der Waals surface area contributed by atoms with E-state index in [1.807, 2.05) is 42.5 Å². The highest BCUT2D eigenvalue weighted by Crippen LogP contribution is 2.20.